The third-order valence-corrected chi connectivity index (χ3v) is 4.05. The van der Waals surface area contributed by atoms with Crippen molar-refractivity contribution in [1.82, 2.24) is 5.32 Å². The molecule has 1 fully saturated rings. The predicted octanol–water partition coefficient (Wildman–Crippen LogP) is 1.58. The van der Waals surface area contributed by atoms with E-state index >= 15 is 0 Å². The Morgan fingerprint density at radius 1 is 1.48 bits per heavy atom. The molecule has 0 spiro atoms. The van der Waals surface area contributed by atoms with Crippen LogP contribution in [0, 0.1) is 0 Å². The summed E-state index contributed by atoms with van der Waals surface area (Å²) < 4.78 is 11.0. The number of benzene rings is 1. The molecule has 0 aromatic heterocycles. The fourth-order valence-corrected chi connectivity index (χ4v) is 2.99. The van der Waals surface area contributed by atoms with Crippen LogP contribution in [0.25, 0.3) is 0 Å². The van der Waals surface area contributed by atoms with Gasteiger partial charge in [0, 0.05) is 13.2 Å². The van der Waals surface area contributed by atoms with Crippen LogP contribution >= 0.6 is 0 Å². The molecule has 0 saturated carbocycles. The molecule has 1 aromatic rings. The Balaban J connectivity index is 1.74. The van der Waals surface area contributed by atoms with Crippen LogP contribution in [-0.4, -0.2) is 44.4 Å². The van der Waals surface area contributed by atoms with Crippen LogP contribution in [0.5, 0.6) is 0 Å². The molecule has 0 aliphatic carbocycles. The van der Waals surface area contributed by atoms with Crippen molar-refractivity contribution in [2.75, 3.05) is 31.7 Å². The fourth-order valence-electron chi connectivity index (χ4n) is 2.99. The highest BCUT2D eigenvalue weighted by atomic mass is 16.5. The van der Waals surface area contributed by atoms with Crippen LogP contribution in [0.3, 0.4) is 0 Å². The largest absolute Gasteiger partial charge is 0.384 e. The lowest BCUT2D eigenvalue weighted by Gasteiger charge is -2.23. The topological polar surface area (TPSA) is 59.6 Å². The first-order valence-corrected chi connectivity index (χ1v) is 7.65. The summed E-state index contributed by atoms with van der Waals surface area (Å²) in [4.78, 5) is 12.6. The number of para-hydroxylation sites is 1. The zero-order valence-corrected chi connectivity index (χ0v) is 12.4. The van der Waals surface area contributed by atoms with Gasteiger partial charge in [-0.2, -0.15) is 0 Å². The lowest BCUT2D eigenvalue weighted by Crippen LogP contribution is -2.44. The molecule has 2 atom stereocenters. The van der Waals surface area contributed by atoms with Crippen LogP contribution in [0.15, 0.2) is 18.2 Å². The lowest BCUT2D eigenvalue weighted by molar-refractivity contribution is 0.0402. The van der Waals surface area contributed by atoms with E-state index in [0.717, 1.165) is 25.1 Å². The number of hydrogen-bond donors (Lipinski definition) is 2. The molecule has 3 rings (SSSR count). The van der Waals surface area contributed by atoms with E-state index in [1.165, 1.54) is 5.56 Å². The number of fused-ring (bicyclic) bond motifs is 1. The van der Waals surface area contributed by atoms with Gasteiger partial charge in [0.2, 0.25) is 0 Å². The number of rotatable bonds is 4. The first-order chi connectivity index (χ1) is 10.3. The van der Waals surface area contributed by atoms with Gasteiger partial charge in [-0.15, -0.1) is 0 Å². The summed E-state index contributed by atoms with van der Waals surface area (Å²) in [5.41, 5.74) is 2.92. The summed E-state index contributed by atoms with van der Waals surface area (Å²) in [6, 6.07) is 5.83. The van der Waals surface area contributed by atoms with Crippen molar-refractivity contribution in [3.63, 3.8) is 0 Å². The molecule has 21 heavy (non-hydrogen) atoms. The monoisotopic (exact) mass is 290 g/mol. The minimum Gasteiger partial charge on any atom is -0.384 e. The van der Waals surface area contributed by atoms with Crippen LogP contribution in [0.4, 0.5) is 5.69 Å². The number of aryl methyl sites for hydroxylation is 1. The summed E-state index contributed by atoms with van der Waals surface area (Å²) in [5, 5.41) is 6.40. The van der Waals surface area contributed by atoms with Crippen LogP contribution in [0.2, 0.25) is 0 Å². The molecule has 2 N–H and O–H groups in total. The van der Waals surface area contributed by atoms with E-state index in [0.29, 0.717) is 25.4 Å². The average molecular weight is 290 g/mol. The van der Waals surface area contributed by atoms with E-state index in [-0.39, 0.29) is 18.1 Å². The Hall–Kier alpha value is -1.59. The SMILES string of the molecule is CCOC1COCC1NC(=O)c1cccc2c1NCCC2. The first-order valence-electron chi connectivity index (χ1n) is 7.65. The molecule has 1 amide bonds. The van der Waals surface area contributed by atoms with Crippen molar-refractivity contribution in [2.45, 2.75) is 31.9 Å². The van der Waals surface area contributed by atoms with Gasteiger partial charge in [0.05, 0.1) is 30.5 Å². The van der Waals surface area contributed by atoms with Gasteiger partial charge in [-0.25, -0.2) is 0 Å². The third-order valence-electron chi connectivity index (χ3n) is 4.05. The van der Waals surface area contributed by atoms with Gasteiger partial charge in [0.1, 0.15) is 6.10 Å². The summed E-state index contributed by atoms with van der Waals surface area (Å²) in [6.07, 6.45) is 2.09. The molecule has 2 aliphatic heterocycles. The molecule has 0 radical (unpaired) electrons. The molecule has 2 heterocycles. The molecule has 2 unspecified atom stereocenters. The molecule has 114 valence electrons. The normalized spacial score (nSPS) is 24.2. The maximum Gasteiger partial charge on any atom is 0.253 e. The van der Waals surface area contributed by atoms with Gasteiger partial charge < -0.3 is 20.1 Å². The number of anilines is 1. The second-order valence-corrected chi connectivity index (χ2v) is 5.48. The second-order valence-electron chi connectivity index (χ2n) is 5.48. The Kier molecular flexibility index (Phi) is 4.41. The van der Waals surface area contributed by atoms with E-state index in [2.05, 4.69) is 16.7 Å². The summed E-state index contributed by atoms with van der Waals surface area (Å²) in [7, 11) is 0. The number of nitrogens with one attached hydrogen (secondary N) is 2. The van der Waals surface area contributed by atoms with Gasteiger partial charge in [0.25, 0.3) is 5.91 Å². The predicted molar refractivity (Wildman–Crippen MR) is 80.7 cm³/mol. The maximum atomic E-state index is 12.6. The molecule has 5 nitrogen and oxygen atoms in total. The smallest absolute Gasteiger partial charge is 0.253 e. The quantitative estimate of drug-likeness (QED) is 0.884. The van der Waals surface area contributed by atoms with Gasteiger partial charge >= 0.3 is 0 Å². The average Bonchev–Trinajstić information content (AvgIpc) is 2.94. The number of carbonyl (C=O) groups is 1. The van der Waals surface area contributed by atoms with Gasteiger partial charge in [0.15, 0.2) is 0 Å². The Morgan fingerprint density at radius 2 is 2.38 bits per heavy atom. The van der Waals surface area contributed by atoms with Crippen molar-refractivity contribution < 1.29 is 14.3 Å². The highest BCUT2D eigenvalue weighted by Gasteiger charge is 2.31. The van der Waals surface area contributed by atoms with E-state index in [1.807, 2.05) is 19.1 Å². The molecule has 1 saturated heterocycles. The minimum absolute atomic E-state index is 0.0496. The van der Waals surface area contributed by atoms with Gasteiger partial charge in [-0.3, -0.25) is 4.79 Å². The summed E-state index contributed by atoms with van der Waals surface area (Å²) >= 11 is 0. The number of amides is 1. The fraction of sp³-hybridized carbons (Fsp3) is 0.562. The zero-order valence-electron chi connectivity index (χ0n) is 12.4. The first kappa shape index (κ1) is 14.4. The summed E-state index contributed by atoms with van der Waals surface area (Å²) in [5.74, 6) is -0.0542. The molecule has 5 heteroatoms. The van der Waals surface area contributed by atoms with Crippen molar-refractivity contribution in [1.29, 1.82) is 0 Å². The van der Waals surface area contributed by atoms with Crippen LogP contribution in [0.1, 0.15) is 29.3 Å². The van der Waals surface area contributed by atoms with E-state index < -0.39 is 0 Å². The highest BCUT2D eigenvalue weighted by molar-refractivity contribution is 6.00. The van der Waals surface area contributed by atoms with E-state index in [4.69, 9.17) is 9.47 Å². The van der Waals surface area contributed by atoms with Gasteiger partial charge in [-0.1, -0.05) is 12.1 Å². The molecular weight excluding hydrogens is 268 g/mol. The van der Waals surface area contributed by atoms with Crippen LogP contribution in [-0.2, 0) is 15.9 Å². The summed E-state index contributed by atoms with van der Waals surface area (Å²) in [6.45, 7) is 4.56. The van der Waals surface area contributed by atoms with Crippen LogP contribution < -0.4 is 10.6 Å². The lowest BCUT2D eigenvalue weighted by atomic mass is 9.99. The zero-order chi connectivity index (χ0) is 14.7. The minimum atomic E-state index is -0.0723. The van der Waals surface area contributed by atoms with Crippen molar-refractivity contribution >= 4 is 11.6 Å². The molecule has 2 aliphatic rings. The standard InChI is InChI=1S/C16H22N2O3/c1-2-21-14-10-20-9-13(14)18-16(19)12-7-3-5-11-6-4-8-17-15(11)12/h3,5,7,13-14,17H,2,4,6,8-10H2,1H3,(H,18,19). The molecular formula is C16H22N2O3. The van der Waals surface area contributed by atoms with Crippen molar-refractivity contribution in [3.05, 3.63) is 29.3 Å². The highest BCUT2D eigenvalue weighted by Crippen LogP contribution is 2.26. The second kappa shape index (κ2) is 6.45. The Morgan fingerprint density at radius 3 is 3.24 bits per heavy atom. The van der Waals surface area contributed by atoms with Crippen molar-refractivity contribution in [3.8, 4) is 0 Å². The number of ether oxygens (including phenoxy) is 2. The number of hydrogen-bond acceptors (Lipinski definition) is 4. The Labute approximate surface area is 125 Å². The van der Waals surface area contributed by atoms with E-state index in [1.54, 1.807) is 0 Å². The van der Waals surface area contributed by atoms with Gasteiger partial charge in [-0.05, 0) is 31.4 Å². The third kappa shape index (κ3) is 3.04. The molecule has 0 bridgehead atoms. The maximum absolute atomic E-state index is 12.6. The van der Waals surface area contributed by atoms with E-state index in [9.17, 15) is 4.79 Å². The Bertz CT molecular complexity index is 518. The van der Waals surface area contributed by atoms with Crippen molar-refractivity contribution in [2.24, 2.45) is 0 Å². The number of carbonyl (C=O) groups excluding carboxylic acids is 1. The molecule has 1 aromatic carbocycles.